The van der Waals surface area contributed by atoms with E-state index in [1.165, 1.54) is 12.8 Å². The van der Waals surface area contributed by atoms with Crippen LogP contribution in [0.15, 0.2) is 53.7 Å². The van der Waals surface area contributed by atoms with Crippen LogP contribution in [0.2, 0.25) is 5.02 Å². The van der Waals surface area contributed by atoms with E-state index in [2.05, 4.69) is 16.9 Å². The zero-order valence-corrected chi connectivity index (χ0v) is 17.4. The number of aromatic amines is 2. The molecule has 0 atom stereocenters. The van der Waals surface area contributed by atoms with Crippen LogP contribution in [0.3, 0.4) is 0 Å². The predicted molar refractivity (Wildman–Crippen MR) is 118 cm³/mol. The zero-order chi connectivity index (χ0) is 18.6. The van der Waals surface area contributed by atoms with E-state index < -0.39 is 0 Å². The molecule has 1 fully saturated rings. The van der Waals surface area contributed by atoms with Crippen molar-refractivity contribution in [2.45, 2.75) is 38.6 Å². The van der Waals surface area contributed by atoms with Gasteiger partial charge in [-0.2, -0.15) is 0 Å². The molecule has 2 aromatic heterocycles. The molecule has 1 aromatic carbocycles. The first-order valence-electron chi connectivity index (χ1n) is 9.51. The third-order valence-electron chi connectivity index (χ3n) is 5.14. The van der Waals surface area contributed by atoms with Crippen LogP contribution in [0.4, 0.5) is 0 Å². The van der Waals surface area contributed by atoms with Crippen LogP contribution in [-0.2, 0) is 0 Å². The van der Waals surface area contributed by atoms with Crippen molar-refractivity contribution in [3.8, 4) is 22.9 Å². The minimum absolute atomic E-state index is 0. The van der Waals surface area contributed by atoms with E-state index in [0.29, 0.717) is 11.1 Å². The van der Waals surface area contributed by atoms with Crippen molar-refractivity contribution in [3.63, 3.8) is 0 Å². The average Bonchev–Trinajstić information content (AvgIpc) is 3.33. The lowest BCUT2D eigenvalue weighted by atomic mass is 9.88. The summed E-state index contributed by atoms with van der Waals surface area (Å²) in [6.45, 7) is 2.33. The Bertz CT molecular complexity index is 893. The summed E-state index contributed by atoms with van der Waals surface area (Å²) in [6.07, 6.45) is 8.68. The summed E-state index contributed by atoms with van der Waals surface area (Å²) in [7, 11) is 0. The maximum atomic E-state index is 6.11. The molecular weight excluding hydrogens is 393 g/mol. The summed E-state index contributed by atoms with van der Waals surface area (Å²) in [5.74, 6) is 2.33. The minimum Gasteiger partial charge on any atom is -0.455 e. The lowest BCUT2D eigenvalue weighted by molar-refractivity contribution is 0.350. The molecule has 148 valence electrons. The van der Waals surface area contributed by atoms with E-state index in [0.717, 1.165) is 47.3 Å². The fraction of sp³-hybridized carbons (Fsp3) is 0.318. The maximum Gasteiger partial charge on any atom is 0.154 e. The normalized spacial score (nSPS) is 19.5. The first-order valence-corrected chi connectivity index (χ1v) is 9.88. The zero-order valence-electron chi connectivity index (χ0n) is 15.8. The molecule has 4 nitrogen and oxygen atoms in total. The van der Waals surface area contributed by atoms with Crippen molar-refractivity contribution in [1.29, 1.82) is 0 Å². The van der Waals surface area contributed by atoms with E-state index in [1.54, 1.807) is 0 Å². The van der Waals surface area contributed by atoms with E-state index in [1.807, 2.05) is 54.9 Å². The van der Waals surface area contributed by atoms with Crippen LogP contribution in [0.5, 0.6) is 11.5 Å². The van der Waals surface area contributed by atoms with Gasteiger partial charge in [0.05, 0.1) is 17.4 Å². The Morgan fingerprint density at radius 2 is 1.82 bits per heavy atom. The minimum atomic E-state index is 0. The van der Waals surface area contributed by atoms with Gasteiger partial charge in [0, 0.05) is 23.5 Å². The van der Waals surface area contributed by atoms with E-state index >= 15 is 0 Å². The van der Waals surface area contributed by atoms with E-state index in [4.69, 9.17) is 21.3 Å². The van der Waals surface area contributed by atoms with Crippen molar-refractivity contribution < 1.29 is 4.74 Å². The van der Waals surface area contributed by atoms with Crippen LogP contribution in [0.1, 0.15) is 38.3 Å². The molecule has 0 spiro atoms. The molecule has 3 aromatic rings. The number of rotatable bonds is 5. The van der Waals surface area contributed by atoms with E-state index in [-0.39, 0.29) is 12.4 Å². The monoisotopic (exact) mass is 417 g/mol. The number of benzene rings is 1. The summed E-state index contributed by atoms with van der Waals surface area (Å²) < 4.78 is 6.11. The van der Waals surface area contributed by atoms with E-state index in [9.17, 15) is 0 Å². The van der Waals surface area contributed by atoms with Crippen LogP contribution < -0.4 is 4.74 Å². The highest BCUT2D eigenvalue weighted by molar-refractivity contribution is 6.30. The predicted octanol–water partition coefficient (Wildman–Crippen LogP) is 6.87. The van der Waals surface area contributed by atoms with Gasteiger partial charge in [0.15, 0.2) is 5.75 Å². The van der Waals surface area contributed by atoms with Gasteiger partial charge in [0.25, 0.3) is 0 Å². The number of nitrogens with zero attached hydrogens (tertiary/aromatic N) is 1. The van der Waals surface area contributed by atoms with Gasteiger partial charge in [-0.25, -0.2) is 0 Å². The highest BCUT2D eigenvalue weighted by Gasteiger charge is 2.17. The van der Waals surface area contributed by atoms with Gasteiger partial charge in [-0.3, -0.25) is 4.99 Å². The largest absolute Gasteiger partial charge is 0.455 e. The average molecular weight is 418 g/mol. The molecule has 0 unspecified atom stereocenters. The van der Waals surface area contributed by atoms with Crippen molar-refractivity contribution in [2.24, 2.45) is 10.9 Å². The van der Waals surface area contributed by atoms with Gasteiger partial charge in [-0.05, 0) is 68.0 Å². The molecule has 2 heterocycles. The number of hydrogen-bond donors (Lipinski definition) is 2. The highest BCUT2D eigenvalue weighted by atomic mass is 35.5. The second-order valence-corrected chi connectivity index (χ2v) is 7.73. The Balaban J connectivity index is 0.00000225. The Morgan fingerprint density at radius 1 is 1.07 bits per heavy atom. The molecule has 28 heavy (non-hydrogen) atoms. The second-order valence-electron chi connectivity index (χ2n) is 7.29. The standard InChI is InChI=1S/C22H24ClN3O.ClH/c1-15-4-8-17(9-5-15)25-14-21-22(27-18-10-6-16(23)7-11-18)13-20(26-21)19-3-2-12-24-19;/h2-3,6-7,10-15,17,24,26H,4-5,8-9H2,1H3;1H. The lowest BCUT2D eigenvalue weighted by Gasteiger charge is -2.22. The summed E-state index contributed by atoms with van der Waals surface area (Å²) in [6, 6.07) is 13.8. The van der Waals surface area contributed by atoms with Gasteiger partial charge < -0.3 is 14.7 Å². The first-order chi connectivity index (χ1) is 13.2. The Kier molecular flexibility index (Phi) is 6.87. The molecule has 1 aliphatic rings. The molecule has 1 aliphatic carbocycles. The second kappa shape index (κ2) is 9.35. The number of nitrogens with one attached hydrogen (secondary N) is 2. The van der Waals surface area contributed by atoms with Crippen LogP contribution >= 0.6 is 24.0 Å². The van der Waals surface area contributed by atoms with Crippen molar-refractivity contribution >= 4 is 30.2 Å². The van der Waals surface area contributed by atoms with Gasteiger partial charge in [0.1, 0.15) is 11.4 Å². The molecule has 0 bridgehead atoms. The Hall–Kier alpha value is -2.17. The summed E-state index contributed by atoms with van der Waals surface area (Å²) in [5, 5.41) is 0.691. The van der Waals surface area contributed by atoms with Gasteiger partial charge in [0.2, 0.25) is 0 Å². The first kappa shape index (κ1) is 20.6. The SMILES string of the molecule is CC1CCC(N=Cc2[nH]c(-c3ccc[nH]3)cc2Oc2ccc(Cl)cc2)CC1.Cl. The Labute approximate surface area is 176 Å². The summed E-state index contributed by atoms with van der Waals surface area (Å²) in [4.78, 5) is 11.5. The molecule has 1 saturated carbocycles. The molecule has 0 radical (unpaired) electrons. The van der Waals surface area contributed by atoms with Gasteiger partial charge in [-0.15, -0.1) is 12.4 Å². The number of H-pyrrole nitrogens is 2. The molecule has 0 saturated heterocycles. The Morgan fingerprint density at radius 3 is 2.50 bits per heavy atom. The van der Waals surface area contributed by atoms with Crippen LogP contribution in [0, 0.1) is 5.92 Å². The van der Waals surface area contributed by atoms with Crippen LogP contribution in [0.25, 0.3) is 11.4 Å². The molecule has 6 heteroatoms. The molecular formula is C22H25Cl2N3O. The smallest absolute Gasteiger partial charge is 0.154 e. The third kappa shape index (κ3) is 5.00. The van der Waals surface area contributed by atoms with Crippen molar-refractivity contribution in [3.05, 3.63) is 59.4 Å². The van der Waals surface area contributed by atoms with Crippen molar-refractivity contribution in [1.82, 2.24) is 9.97 Å². The molecule has 0 aliphatic heterocycles. The summed E-state index contributed by atoms with van der Waals surface area (Å²) >= 11 is 5.98. The topological polar surface area (TPSA) is 53.2 Å². The third-order valence-corrected chi connectivity index (χ3v) is 5.39. The number of hydrogen-bond acceptors (Lipinski definition) is 2. The lowest BCUT2D eigenvalue weighted by Crippen LogP contribution is -2.15. The molecule has 0 amide bonds. The number of halogens is 2. The highest BCUT2D eigenvalue weighted by Crippen LogP contribution is 2.31. The molecule has 2 N–H and O–H groups in total. The van der Waals surface area contributed by atoms with Gasteiger partial charge >= 0.3 is 0 Å². The summed E-state index contributed by atoms with van der Waals surface area (Å²) in [5.41, 5.74) is 2.87. The van der Waals surface area contributed by atoms with Crippen LogP contribution in [-0.4, -0.2) is 22.2 Å². The fourth-order valence-electron chi connectivity index (χ4n) is 3.48. The fourth-order valence-corrected chi connectivity index (χ4v) is 3.60. The quantitative estimate of drug-likeness (QED) is 0.436. The molecule has 4 rings (SSSR count). The van der Waals surface area contributed by atoms with Gasteiger partial charge in [-0.1, -0.05) is 18.5 Å². The maximum absolute atomic E-state index is 6.11. The number of ether oxygens (including phenoxy) is 1. The number of aromatic nitrogens is 2. The van der Waals surface area contributed by atoms with Crippen molar-refractivity contribution in [2.75, 3.05) is 0 Å². The number of aliphatic imine (C=N–C) groups is 1.